The average molecular weight is 363 g/mol. The second-order valence-electron chi connectivity index (χ2n) is 5.93. The number of hydrogen-bond acceptors (Lipinski definition) is 3. The summed E-state index contributed by atoms with van der Waals surface area (Å²) in [4.78, 5) is 4.67. The van der Waals surface area contributed by atoms with E-state index in [0.717, 1.165) is 48.3 Å². The van der Waals surface area contributed by atoms with Crippen molar-refractivity contribution in [2.24, 2.45) is 4.99 Å². The van der Waals surface area contributed by atoms with Gasteiger partial charge in [-0.3, -0.25) is 0 Å². The fourth-order valence-corrected chi connectivity index (χ4v) is 2.51. The largest absolute Gasteiger partial charge is 0.355 e. The molecule has 25 heavy (non-hydrogen) atoms. The van der Waals surface area contributed by atoms with E-state index in [9.17, 15) is 0 Å². The van der Waals surface area contributed by atoms with Crippen molar-refractivity contribution in [3.8, 4) is 0 Å². The Bertz CT molecular complexity index is 682. The highest BCUT2D eigenvalue weighted by Gasteiger charge is 2.06. The molecule has 1 atom stereocenters. The van der Waals surface area contributed by atoms with Crippen LogP contribution < -0.4 is 10.6 Å². The second kappa shape index (κ2) is 10.0. The lowest BCUT2D eigenvalue weighted by Crippen LogP contribution is -2.43. The van der Waals surface area contributed by atoms with Gasteiger partial charge in [0.15, 0.2) is 5.96 Å². The first kappa shape index (κ1) is 19.2. The first-order chi connectivity index (χ1) is 12.1. The summed E-state index contributed by atoms with van der Waals surface area (Å²) in [5, 5.41) is 15.6. The van der Waals surface area contributed by atoms with E-state index in [0.29, 0.717) is 12.6 Å². The molecule has 0 amide bonds. The van der Waals surface area contributed by atoms with Gasteiger partial charge in [0.1, 0.15) is 12.2 Å². The molecule has 1 aromatic carbocycles. The molecule has 1 unspecified atom stereocenters. The zero-order valence-corrected chi connectivity index (χ0v) is 15.9. The molecular weight excluding hydrogens is 336 g/mol. The number of aromatic nitrogens is 3. The molecule has 0 saturated carbocycles. The Morgan fingerprint density at radius 2 is 2.12 bits per heavy atom. The lowest BCUT2D eigenvalue weighted by Gasteiger charge is -2.17. The molecule has 2 aromatic rings. The van der Waals surface area contributed by atoms with E-state index in [1.807, 2.05) is 24.3 Å². The average Bonchev–Trinajstić information content (AvgIpc) is 3.08. The van der Waals surface area contributed by atoms with E-state index < -0.39 is 0 Å². The molecule has 2 N–H and O–H groups in total. The summed E-state index contributed by atoms with van der Waals surface area (Å²) >= 11 is 6.22. The highest BCUT2D eigenvalue weighted by atomic mass is 35.5. The van der Waals surface area contributed by atoms with E-state index >= 15 is 0 Å². The zero-order chi connectivity index (χ0) is 18.1. The Labute approximate surface area is 154 Å². The molecule has 7 heteroatoms. The lowest BCUT2D eigenvalue weighted by molar-refractivity contribution is 0.599. The van der Waals surface area contributed by atoms with Gasteiger partial charge in [-0.2, -0.15) is 0 Å². The summed E-state index contributed by atoms with van der Waals surface area (Å²) in [6.45, 7) is 8.45. The number of nitrogens with zero attached hydrogens (tertiary/aromatic N) is 4. The summed E-state index contributed by atoms with van der Waals surface area (Å²) < 4.78 is 2.06. The lowest BCUT2D eigenvalue weighted by atomic mass is 10.2. The van der Waals surface area contributed by atoms with Crippen molar-refractivity contribution in [1.29, 1.82) is 0 Å². The Morgan fingerprint density at radius 3 is 2.84 bits per heavy atom. The SMILES string of the molecule is CCc1nncn1CCNC(=NCc1ccccc1Cl)NC(C)CC. The highest BCUT2D eigenvalue weighted by molar-refractivity contribution is 6.31. The molecule has 0 aliphatic heterocycles. The van der Waals surface area contributed by atoms with E-state index in [4.69, 9.17) is 11.6 Å². The molecule has 0 fully saturated rings. The third-order valence-corrected chi connectivity index (χ3v) is 4.39. The first-order valence-corrected chi connectivity index (χ1v) is 9.16. The highest BCUT2D eigenvalue weighted by Crippen LogP contribution is 2.15. The molecule has 0 aliphatic rings. The predicted molar refractivity (Wildman–Crippen MR) is 103 cm³/mol. The number of halogens is 1. The van der Waals surface area contributed by atoms with Crippen LogP contribution in [0.5, 0.6) is 0 Å². The van der Waals surface area contributed by atoms with Crippen LogP contribution in [0.4, 0.5) is 0 Å². The van der Waals surface area contributed by atoms with Crippen molar-refractivity contribution in [2.45, 2.75) is 52.7 Å². The van der Waals surface area contributed by atoms with Gasteiger partial charge in [0.05, 0.1) is 6.54 Å². The van der Waals surface area contributed by atoms with Crippen molar-refractivity contribution in [3.05, 3.63) is 47.0 Å². The van der Waals surface area contributed by atoms with Gasteiger partial charge in [0.2, 0.25) is 0 Å². The Hall–Kier alpha value is -2.08. The van der Waals surface area contributed by atoms with Crippen LogP contribution in [-0.4, -0.2) is 33.3 Å². The van der Waals surface area contributed by atoms with Gasteiger partial charge >= 0.3 is 0 Å². The van der Waals surface area contributed by atoms with Crippen LogP contribution >= 0.6 is 11.6 Å². The molecule has 6 nitrogen and oxygen atoms in total. The van der Waals surface area contributed by atoms with Gasteiger partial charge in [-0.05, 0) is 25.0 Å². The maximum atomic E-state index is 6.22. The Kier molecular flexibility index (Phi) is 7.73. The first-order valence-electron chi connectivity index (χ1n) is 8.79. The zero-order valence-electron chi connectivity index (χ0n) is 15.2. The van der Waals surface area contributed by atoms with E-state index in [1.165, 1.54) is 0 Å². The number of hydrogen-bond donors (Lipinski definition) is 2. The van der Waals surface area contributed by atoms with Crippen molar-refractivity contribution >= 4 is 17.6 Å². The molecule has 0 radical (unpaired) electrons. The molecule has 0 bridgehead atoms. The van der Waals surface area contributed by atoms with Gasteiger partial charge in [-0.1, -0.05) is 43.6 Å². The number of aryl methyl sites for hydroxylation is 1. The van der Waals surface area contributed by atoms with Crippen LogP contribution in [0.2, 0.25) is 5.02 Å². The molecule has 0 saturated heterocycles. The maximum absolute atomic E-state index is 6.22. The quantitative estimate of drug-likeness (QED) is 0.559. The van der Waals surface area contributed by atoms with Crippen LogP contribution in [0.25, 0.3) is 0 Å². The minimum Gasteiger partial charge on any atom is -0.355 e. The topological polar surface area (TPSA) is 67.1 Å². The fraction of sp³-hybridized carbons (Fsp3) is 0.500. The van der Waals surface area contributed by atoms with Crippen LogP contribution in [0.15, 0.2) is 35.6 Å². The predicted octanol–water partition coefficient (Wildman–Crippen LogP) is 3.03. The molecule has 0 aliphatic carbocycles. The molecular formula is C18H27ClN6. The van der Waals surface area contributed by atoms with Crippen LogP contribution in [0.3, 0.4) is 0 Å². The second-order valence-corrected chi connectivity index (χ2v) is 6.34. The van der Waals surface area contributed by atoms with E-state index in [2.05, 4.69) is 51.2 Å². The van der Waals surface area contributed by atoms with E-state index in [1.54, 1.807) is 6.33 Å². The molecule has 136 valence electrons. The minimum atomic E-state index is 0.346. The monoisotopic (exact) mass is 362 g/mol. The summed E-state index contributed by atoms with van der Waals surface area (Å²) in [6.07, 6.45) is 3.67. The molecule has 1 heterocycles. The van der Waals surface area contributed by atoms with Crippen molar-refractivity contribution < 1.29 is 0 Å². The Balaban J connectivity index is 1.97. The fourth-order valence-electron chi connectivity index (χ4n) is 2.31. The number of aliphatic imine (C=N–C) groups is 1. The van der Waals surface area contributed by atoms with Crippen molar-refractivity contribution in [1.82, 2.24) is 25.4 Å². The van der Waals surface area contributed by atoms with Crippen molar-refractivity contribution in [3.63, 3.8) is 0 Å². The summed E-state index contributed by atoms with van der Waals surface area (Å²) in [6, 6.07) is 8.14. The standard InChI is InChI=1S/C18H27ClN6/c1-4-14(3)23-18(21-12-15-8-6-7-9-16(15)19)20-10-11-25-13-22-24-17(25)5-2/h6-9,13-14H,4-5,10-12H2,1-3H3,(H2,20,21,23). The van der Waals surface area contributed by atoms with Crippen LogP contribution in [-0.2, 0) is 19.5 Å². The minimum absolute atomic E-state index is 0.346. The van der Waals surface area contributed by atoms with Gasteiger partial charge < -0.3 is 15.2 Å². The number of guanidine groups is 1. The van der Waals surface area contributed by atoms with Gasteiger partial charge in [-0.25, -0.2) is 4.99 Å². The normalized spacial score (nSPS) is 12.9. The third kappa shape index (κ3) is 6.05. The van der Waals surface area contributed by atoms with Gasteiger partial charge in [0, 0.05) is 30.6 Å². The molecule has 2 rings (SSSR count). The number of rotatable bonds is 8. The van der Waals surface area contributed by atoms with E-state index in [-0.39, 0.29) is 0 Å². The van der Waals surface area contributed by atoms with Gasteiger partial charge in [-0.15, -0.1) is 10.2 Å². The molecule has 0 spiro atoms. The molecule has 1 aromatic heterocycles. The van der Waals surface area contributed by atoms with Crippen LogP contribution in [0.1, 0.15) is 38.6 Å². The summed E-state index contributed by atoms with van der Waals surface area (Å²) in [7, 11) is 0. The third-order valence-electron chi connectivity index (χ3n) is 4.02. The Morgan fingerprint density at radius 1 is 1.32 bits per heavy atom. The van der Waals surface area contributed by atoms with Crippen molar-refractivity contribution in [2.75, 3.05) is 6.54 Å². The van der Waals surface area contributed by atoms with Crippen LogP contribution in [0, 0.1) is 0 Å². The van der Waals surface area contributed by atoms with Gasteiger partial charge in [0.25, 0.3) is 0 Å². The smallest absolute Gasteiger partial charge is 0.191 e. The summed E-state index contributed by atoms with van der Waals surface area (Å²) in [5.74, 6) is 1.78. The number of nitrogens with one attached hydrogen (secondary N) is 2. The maximum Gasteiger partial charge on any atom is 0.191 e. The number of benzene rings is 1. The summed E-state index contributed by atoms with van der Waals surface area (Å²) in [5.41, 5.74) is 1.02.